The Kier molecular flexibility index (Phi) is 28.8. The van der Waals surface area contributed by atoms with Gasteiger partial charge < -0.3 is 134 Å². The van der Waals surface area contributed by atoms with Gasteiger partial charge in [-0.15, -0.1) is 0 Å². The summed E-state index contributed by atoms with van der Waals surface area (Å²) in [7, 11) is 1.46. The van der Waals surface area contributed by atoms with Crippen LogP contribution in [0.2, 0.25) is 10.0 Å². The summed E-state index contributed by atoms with van der Waals surface area (Å²) in [5.41, 5.74) is 12.7. The van der Waals surface area contributed by atoms with E-state index in [9.17, 15) is 74.7 Å². The molecular formula is C85H95Cl2N13O26. The van der Waals surface area contributed by atoms with Crippen molar-refractivity contribution in [2.45, 2.75) is 183 Å². The molecule has 18 atom stereocenters. The number of rotatable bonds is 19. The lowest BCUT2D eigenvalue weighted by Crippen LogP contribution is -2.65. The Bertz CT molecular complexity index is 5360. The van der Waals surface area contributed by atoms with E-state index in [-0.39, 0.29) is 54.0 Å². The second-order valence-corrected chi connectivity index (χ2v) is 32.7. The summed E-state index contributed by atoms with van der Waals surface area (Å²) < 4.78 is 39.5. The number of hydrogen-bond acceptors (Lipinski definition) is 28. The zero-order valence-corrected chi connectivity index (χ0v) is 70.0. The predicted octanol–water partition coefficient (Wildman–Crippen LogP) is 1.86. The molecule has 0 aliphatic carbocycles. The van der Waals surface area contributed by atoms with Crippen molar-refractivity contribution in [3.63, 3.8) is 0 Å². The van der Waals surface area contributed by atoms with E-state index in [1.807, 2.05) is 45.3 Å². The Morgan fingerprint density at radius 1 is 0.651 bits per heavy atom. The number of hydrogen-bond donors (Lipinski definition) is 22. The fourth-order valence-electron chi connectivity index (χ4n) is 15.1. The fourth-order valence-corrected chi connectivity index (χ4v) is 15.6. The maximum absolute atomic E-state index is 16.3. The first-order chi connectivity index (χ1) is 59.7. The van der Waals surface area contributed by atoms with Crippen molar-refractivity contribution >= 4 is 93.9 Å². The van der Waals surface area contributed by atoms with Gasteiger partial charge in [0.1, 0.15) is 95.5 Å². The van der Waals surface area contributed by atoms with Gasteiger partial charge in [-0.05, 0) is 157 Å². The van der Waals surface area contributed by atoms with E-state index < -0.39 is 259 Å². The summed E-state index contributed by atoms with van der Waals surface area (Å²) in [5, 5.41) is 130. The number of phenols is 3. The highest BCUT2D eigenvalue weighted by molar-refractivity contribution is 6.34. The number of primary amides is 2. The van der Waals surface area contributed by atoms with E-state index in [0.29, 0.717) is 16.8 Å². The van der Waals surface area contributed by atoms with Gasteiger partial charge in [0.15, 0.2) is 23.9 Å². The molecule has 670 valence electrons. The lowest BCUT2D eigenvalue weighted by atomic mass is 9.84. The number of aromatic hydroxyl groups is 3. The standard InChI is InChI=1S/C85H95Cl2N13O26/c1-34(2)22-50(90-7)76(113)97-65-67(106)41-15-20-54(48(86)24-41)122-56-26-43-27-57(71(56)126-84-72(70(109)69(108)58(33-101)124-84)125-60-31-85(6,73(110)36(5)121-60)91-32-37-8-17-44(18-9-37)92-75(112)39-12-10-38(11-13-39)35(3)4)123-55-21-16-42(25-49(55)87)68(107)66-81(118)96-64(82(119)99-100-83(120)74(89)111)47-28-45(102)29-53(104)61(47)46-23-40(14-19-52(46)103)62(78(115)98-66)95-79(116)63(43)94-77(114)51(30-59(88)105)93-80(65)117/h8-21,23-29,34-36,50-51,58,60,62-70,72-73,84,90-91,101-104,106-110H,22,30-33H2,1-7H3,(H2,88,105)(H2,89,111)(H,92,112)(H,93,117)(H,94,114)(H,95,116)(H,96,118)(H,97,113)(H,98,115)(H,99,119)(H,100,120). The van der Waals surface area contributed by atoms with Crippen LogP contribution in [-0.4, -0.2) is 204 Å². The zero-order chi connectivity index (χ0) is 91.4. The van der Waals surface area contributed by atoms with Gasteiger partial charge >= 0.3 is 11.8 Å². The van der Waals surface area contributed by atoms with Crippen LogP contribution in [0, 0.1) is 5.92 Å². The minimum atomic E-state index is -2.42. The summed E-state index contributed by atoms with van der Waals surface area (Å²) in [6, 6.07) is 12.7. The molecule has 2 fully saturated rings. The zero-order valence-electron chi connectivity index (χ0n) is 68.5. The molecule has 7 aliphatic rings. The topological polar surface area (TPSA) is 610 Å². The Balaban J connectivity index is 1.01. The average Bonchev–Trinajstić information content (AvgIpc) is 0.765. The van der Waals surface area contributed by atoms with Crippen molar-refractivity contribution in [2.75, 3.05) is 19.0 Å². The highest BCUT2D eigenvalue weighted by Crippen LogP contribution is 2.50. The van der Waals surface area contributed by atoms with E-state index in [1.165, 1.54) is 26.1 Å². The number of carbonyl (C=O) groups is 11. The Morgan fingerprint density at radius 3 is 1.87 bits per heavy atom. The van der Waals surface area contributed by atoms with Gasteiger partial charge in [0.05, 0.1) is 41.3 Å². The van der Waals surface area contributed by atoms with Crippen molar-refractivity contribution < 1.29 is 127 Å². The minimum absolute atomic E-state index is 0.110. The van der Waals surface area contributed by atoms with Crippen LogP contribution in [0.1, 0.15) is 146 Å². The first-order valence-electron chi connectivity index (χ1n) is 39.8. The van der Waals surface area contributed by atoms with E-state index >= 15 is 24.0 Å². The van der Waals surface area contributed by atoms with Crippen molar-refractivity contribution in [1.82, 2.24) is 53.4 Å². The third-order valence-electron chi connectivity index (χ3n) is 22.0. The first kappa shape index (κ1) is 92.8. The predicted molar refractivity (Wildman–Crippen MR) is 445 cm³/mol. The van der Waals surface area contributed by atoms with Crippen LogP contribution in [0.15, 0.2) is 127 Å². The Morgan fingerprint density at radius 2 is 1.27 bits per heavy atom. The monoisotopic (exact) mass is 1780 g/mol. The summed E-state index contributed by atoms with van der Waals surface area (Å²) in [6.07, 6.45) is -19.3. The molecule has 41 heteroatoms. The van der Waals surface area contributed by atoms with Crippen LogP contribution >= 0.6 is 23.2 Å². The number of benzene rings is 7. The van der Waals surface area contributed by atoms with E-state index in [4.69, 9.17) is 63.1 Å². The second-order valence-electron chi connectivity index (χ2n) is 31.9. The van der Waals surface area contributed by atoms with Gasteiger partial charge in [0.2, 0.25) is 53.4 Å². The van der Waals surface area contributed by atoms with Gasteiger partial charge in [-0.1, -0.05) is 93.4 Å². The molecule has 7 aromatic carbocycles. The highest BCUT2D eigenvalue weighted by Gasteiger charge is 2.52. The minimum Gasteiger partial charge on any atom is -0.508 e. The van der Waals surface area contributed by atoms with Crippen LogP contribution in [-0.2, 0) is 68.7 Å². The van der Waals surface area contributed by atoms with E-state index in [0.717, 1.165) is 72.3 Å². The van der Waals surface area contributed by atoms with E-state index in [2.05, 4.69) is 47.9 Å². The molecule has 7 aliphatic heterocycles. The number of nitrogens with one attached hydrogen (secondary N) is 11. The van der Waals surface area contributed by atoms with Crippen LogP contribution in [0.4, 0.5) is 5.69 Å². The molecule has 0 spiro atoms. The maximum atomic E-state index is 16.3. The normalized spacial score (nSPS) is 25.8. The molecular weight excluding hydrogens is 1690 g/mol. The number of halogens is 2. The van der Waals surface area contributed by atoms with Crippen LogP contribution in [0.5, 0.6) is 46.0 Å². The van der Waals surface area contributed by atoms with Gasteiger partial charge in [-0.3, -0.25) is 63.6 Å². The SMILES string of the molecule is CNC(CC(C)C)C(=O)NC1C(=O)NC(CC(N)=O)C(=O)NC2C(=O)NC3C(=O)NC(C(=O)NC(C(=O)NNC(=O)C(N)=O)c4cc(O)cc(O)c4-c4cc3ccc4O)C(O)c3ccc(c(Cl)c3)Oc3cc2cc(c3OC2OC(CO)C(O)C(O)C2OC2CC(C)(NCc3ccc(NC(=O)c4ccc(C(C)C)cc4)cc3)C(O)C(C)O2)Oc2ccc(cc2Cl)C1O. The van der Waals surface area contributed by atoms with Crippen LogP contribution < -0.4 is 84.4 Å². The molecule has 39 nitrogen and oxygen atoms in total. The third kappa shape index (κ3) is 20.8. The van der Waals surface area contributed by atoms with Crippen molar-refractivity contribution in [1.29, 1.82) is 0 Å². The fraction of sp³-hybridized carbons (Fsp3) is 0.376. The molecule has 0 saturated carbocycles. The number of fused-ring (bicyclic) bond motifs is 15. The van der Waals surface area contributed by atoms with Gasteiger partial charge in [-0.25, -0.2) is 0 Å². The lowest BCUT2D eigenvalue weighted by Gasteiger charge is -2.48. The van der Waals surface area contributed by atoms with Crippen LogP contribution in [0.25, 0.3) is 11.1 Å². The molecule has 7 heterocycles. The number of ether oxygens (including phenoxy) is 6. The first-order valence-corrected chi connectivity index (χ1v) is 40.6. The number of likely N-dealkylation sites (N-methyl/N-ethyl adjacent to an activating group) is 1. The third-order valence-corrected chi connectivity index (χ3v) is 22.6. The quantitative estimate of drug-likeness (QED) is 0.0406. The summed E-state index contributed by atoms with van der Waals surface area (Å²) >= 11 is 14.4. The highest BCUT2D eigenvalue weighted by atomic mass is 35.5. The maximum Gasteiger partial charge on any atom is 0.327 e. The second kappa shape index (κ2) is 39.0. The van der Waals surface area contributed by atoms with Gasteiger partial charge in [0.25, 0.3) is 11.8 Å². The molecule has 7 aromatic rings. The van der Waals surface area contributed by atoms with Crippen molar-refractivity contribution in [3.8, 4) is 57.1 Å². The summed E-state index contributed by atoms with van der Waals surface area (Å²) in [6.45, 7) is 10.0. The molecule has 2 saturated heterocycles. The summed E-state index contributed by atoms with van der Waals surface area (Å²) in [4.78, 5) is 158. The summed E-state index contributed by atoms with van der Waals surface area (Å²) in [5.74, 6) is -19.7. The molecule has 0 radical (unpaired) electrons. The Labute approximate surface area is 728 Å². The number of carbonyl (C=O) groups excluding carboxylic acids is 11. The van der Waals surface area contributed by atoms with Gasteiger partial charge in [-0.2, -0.15) is 0 Å². The van der Waals surface area contributed by atoms with E-state index in [1.54, 1.807) is 48.7 Å². The number of amides is 11. The molecule has 14 rings (SSSR count). The molecule has 18 unspecified atom stereocenters. The number of nitrogens with two attached hydrogens (primary N) is 2. The number of aliphatic hydroxyl groups excluding tert-OH is 6. The largest absolute Gasteiger partial charge is 0.508 e. The van der Waals surface area contributed by atoms with Crippen molar-refractivity contribution in [2.24, 2.45) is 17.4 Å². The van der Waals surface area contributed by atoms with Crippen molar-refractivity contribution in [3.05, 3.63) is 182 Å². The smallest absolute Gasteiger partial charge is 0.327 e. The number of phenolic OH excluding ortho intramolecular Hbond substituents is 3. The lowest BCUT2D eigenvalue weighted by molar-refractivity contribution is -0.334. The molecule has 11 amide bonds. The number of aliphatic hydroxyl groups is 6. The molecule has 11 bridgehead atoms. The van der Waals surface area contributed by atoms with Gasteiger partial charge in [0, 0.05) is 46.9 Å². The molecule has 126 heavy (non-hydrogen) atoms. The number of hydrazine groups is 1. The molecule has 0 aromatic heterocycles. The average molecular weight is 1790 g/mol. The number of anilines is 1. The Hall–Kier alpha value is -12.4. The molecule has 24 N–H and O–H groups in total. The van der Waals surface area contributed by atoms with Crippen LogP contribution in [0.3, 0.4) is 0 Å².